The maximum absolute atomic E-state index is 11.8. The van der Waals surface area contributed by atoms with Crippen molar-refractivity contribution in [3.05, 3.63) is 29.8 Å². The zero-order valence-corrected chi connectivity index (χ0v) is 12.5. The zero-order valence-electron chi connectivity index (χ0n) is 12.5. The van der Waals surface area contributed by atoms with Gasteiger partial charge in [0.15, 0.2) is 5.78 Å². The van der Waals surface area contributed by atoms with E-state index in [2.05, 4.69) is 0 Å². The molecule has 0 fully saturated rings. The lowest BCUT2D eigenvalue weighted by atomic mass is 10.0. The fourth-order valence-corrected chi connectivity index (χ4v) is 1.50. The number of Topliss-reactive ketones (excluding diaryl/α,β-unsaturated/α-hetero) is 1. The van der Waals surface area contributed by atoms with Gasteiger partial charge in [-0.3, -0.25) is 4.79 Å². The van der Waals surface area contributed by atoms with Crippen LogP contribution < -0.4 is 4.74 Å². The lowest BCUT2D eigenvalue weighted by Gasteiger charge is -2.11. The topological polar surface area (TPSA) is 26.3 Å². The van der Waals surface area contributed by atoms with E-state index in [1.54, 1.807) is 0 Å². The first-order valence-electron chi connectivity index (χ1n) is 6.79. The lowest BCUT2D eigenvalue weighted by molar-refractivity contribution is 0.0967. The molecular formula is C16H26O2. The molecule has 0 heterocycles. The molecule has 0 atom stereocenters. The zero-order chi connectivity index (χ0) is 14.1. The van der Waals surface area contributed by atoms with E-state index >= 15 is 0 Å². The Labute approximate surface area is 111 Å². The van der Waals surface area contributed by atoms with Gasteiger partial charge in [-0.1, -0.05) is 39.8 Å². The third kappa shape index (κ3) is 6.43. The maximum atomic E-state index is 11.8. The number of benzene rings is 1. The minimum absolute atomic E-state index is 0.135. The first-order chi connectivity index (χ1) is 8.49. The number of rotatable bonds is 5. The molecule has 0 aliphatic carbocycles. The second-order valence-electron chi connectivity index (χ2n) is 4.72. The molecular weight excluding hydrogens is 224 g/mol. The van der Waals surface area contributed by atoms with E-state index in [0.29, 0.717) is 12.3 Å². The molecule has 2 heteroatoms. The molecule has 0 radical (unpaired) electrons. The van der Waals surface area contributed by atoms with E-state index in [9.17, 15) is 4.79 Å². The van der Waals surface area contributed by atoms with Gasteiger partial charge in [-0.25, -0.2) is 0 Å². The summed E-state index contributed by atoms with van der Waals surface area (Å²) >= 11 is 0. The van der Waals surface area contributed by atoms with Crippen molar-refractivity contribution in [1.29, 1.82) is 0 Å². The molecule has 18 heavy (non-hydrogen) atoms. The van der Waals surface area contributed by atoms with Crippen molar-refractivity contribution in [2.24, 2.45) is 5.92 Å². The fourth-order valence-electron chi connectivity index (χ4n) is 1.50. The van der Waals surface area contributed by atoms with Crippen LogP contribution in [-0.2, 0) is 0 Å². The van der Waals surface area contributed by atoms with Crippen LogP contribution in [0.2, 0.25) is 0 Å². The third-order valence-electron chi connectivity index (χ3n) is 2.12. The number of ketones is 1. The second kappa shape index (κ2) is 8.73. The van der Waals surface area contributed by atoms with Crippen molar-refractivity contribution in [2.75, 3.05) is 0 Å². The van der Waals surface area contributed by atoms with Crippen LogP contribution in [0.25, 0.3) is 0 Å². The van der Waals surface area contributed by atoms with E-state index in [0.717, 1.165) is 11.3 Å². The predicted octanol–water partition coefficient (Wildman–Crippen LogP) is 4.73. The molecule has 2 nitrogen and oxygen atoms in total. The van der Waals surface area contributed by atoms with Gasteiger partial charge in [-0.15, -0.1) is 0 Å². The molecule has 0 saturated heterocycles. The largest absolute Gasteiger partial charge is 0.491 e. The van der Waals surface area contributed by atoms with Gasteiger partial charge in [0.05, 0.1) is 6.10 Å². The summed E-state index contributed by atoms with van der Waals surface area (Å²) in [7, 11) is 0. The molecule has 1 aromatic carbocycles. The highest BCUT2D eigenvalue weighted by molar-refractivity contribution is 5.96. The van der Waals surface area contributed by atoms with Gasteiger partial charge in [0.2, 0.25) is 0 Å². The van der Waals surface area contributed by atoms with E-state index in [-0.39, 0.29) is 11.9 Å². The molecule has 102 valence electrons. The summed E-state index contributed by atoms with van der Waals surface area (Å²) in [6.07, 6.45) is 0.723. The van der Waals surface area contributed by atoms with Crippen molar-refractivity contribution in [1.82, 2.24) is 0 Å². The Morgan fingerprint density at radius 1 is 1.17 bits per heavy atom. The Morgan fingerprint density at radius 2 is 1.78 bits per heavy atom. The van der Waals surface area contributed by atoms with Crippen LogP contribution in [0.5, 0.6) is 5.75 Å². The van der Waals surface area contributed by atoms with Gasteiger partial charge >= 0.3 is 0 Å². The highest BCUT2D eigenvalue weighted by Gasteiger charge is 2.09. The third-order valence-corrected chi connectivity index (χ3v) is 2.12. The van der Waals surface area contributed by atoms with Crippen molar-refractivity contribution in [3.8, 4) is 5.75 Å². The van der Waals surface area contributed by atoms with Crippen molar-refractivity contribution < 1.29 is 9.53 Å². The average Bonchev–Trinajstić information content (AvgIpc) is 2.30. The van der Waals surface area contributed by atoms with E-state index in [1.807, 2.05) is 65.8 Å². The number of ether oxygens (including phenoxy) is 1. The summed E-state index contributed by atoms with van der Waals surface area (Å²) in [5.41, 5.74) is 0.742. The van der Waals surface area contributed by atoms with Crippen LogP contribution >= 0.6 is 0 Å². The number of hydrogen-bond donors (Lipinski definition) is 0. The van der Waals surface area contributed by atoms with Gasteiger partial charge in [-0.2, -0.15) is 0 Å². The van der Waals surface area contributed by atoms with Crippen molar-refractivity contribution >= 4 is 5.78 Å². The minimum atomic E-state index is 0.135. The molecule has 0 aliphatic heterocycles. The Morgan fingerprint density at radius 3 is 2.28 bits per heavy atom. The Balaban J connectivity index is 0.00000137. The normalized spacial score (nSPS) is 10.0. The van der Waals surface area contributed by atoms with Crippen LogP contribution in [0, 0.1) is 5.92 Å². The lowest BCUT2D eigenvalue weighted by Crippen LogP contribution is -2.07. The maximum Gasteiger partial charge on any atom is 0.163 e. The van der Waals surface area contributed by atoms with E-state index in [1.165, 1.54) is 0 Å². The highest BCUT2D eigenvalue weighted by atomic mass is 16.5. The van der Waals surface area contributed by atoms with Crippen molar-refractivity contribution in [3.63, 3.8) is 0 Å². The molecule has 0 aliphatic rings. The van der Waals surface area contributed by atoms with Gasteiger partial charge < -0.3 is 4.74 Å². The molecule has 0 N–H and O–H groups in total. The minimum Gasteiger partial charge on any atom is -0.491 e. The Bertz CT molecular complexity index is 354. The highest BCUT2D eigenvalue weighted by Crippen LogP contribution is 2.17. The second-order valence-corrected chi connectivity index (χ2v) is 4.72. The first-order valence-corrected chi connectivity index (χ1v) is 6.79. The van der Waals surface area contributed by atoms with E-state index < -0.39 is 0 Å². The molecule has 0 saturated carbocycles. The molecule has 0 unspecified atom stereocenters. The number of hydrogen-bond acceptors (Lipinski definition) is 2. The summed E-state index contributed by atoms with van der Waals surface area (Å²) in [6.45, 7) is 12.0. The van der Waals surface area contributed by atoms with Crippen LogP contribution in [0.15, 0.2) is 24.3 Å². The summed E-state index contributed by atoms with van der Waals surface area (Å²) in [4.78, 5) is 11.8. The summed E-state index contributed by atoms with van der Waals surface area (Å²) in [5.74, 6) is 1.34. The summed E-state index contributed by atoms with van der Waals surface area (Å²) in [6, 6.07) is 7.42. The van der Waals surface area contributed by atoms with Crippen LogP contribution in [0.3, 0.4) is 0 Å². The van der Waals surface area contributed by atoms with Gasteiger partial charge in [-0.05, 0) is 31.9 Å². The standard InChI is InChI=1S/C14H20O2.C2H6/c1-10(2)8-14(15)12-6-5-7-13(9-12)16-11(3)4;1-2/h5-7,9-11H,8H2,1-4H3;1-2H3. The van der Waals surface area contributed by atoms with E-state index in [4.69, 9.17) is 4.74 Å². The van der Waals surface area contributed by atoms with Crippen LogP contribution in [-0.4, -0.2) is 11.9 Å². The monoisotopic (exact) mass is 250 g/mol. The van der Waals surface area contributed by atoms with Gasteiger partial charge in [0, 0.05) is 12.0 Å². The van der Waals surface area contributed by atoms with Crippen LogP contribution in [0.1, 0.15) is 58.3 Å². The van der Waals surface area contributed by atoms with Gasteiger partial charge in [0.1, 0.15) is 5.75 Å². The molecule has 1 aromatic rings. The SMILES string of the molecule is CC.CC(C)CC(=O)c1cccc(OC(C)C)c1. The van der Waals surface area contributed by atoms with Gasteiger partial charge in [0.25, 0.3) is 0 Å². The average molecular weight is 250 g/mol. The number of carbonyl (C=O) groups excluding carboxylic acids is 1. The van der Waals surface area contributed by atoms with Crippen molar-refractivity contribution in [2.45, 2.75) is 54.1 Å². The molecule has 0 bridgehead atoms. The Kier molecular flexibility index (Phi) is 8.10. The van der Waals surface area contributed by atoms with Crippen LogP contribution in [0.4, 0.5) is 0 Å². The molecule has 0 spiro atoms. The molecule has 0 amide bonds. The summed E-state index contributed by atoms with van der Waals surface area (Å²) in [5, 5.41) is 0. The number of carbonyl (C=O) groups is 1. The summed E-state index contributed by atoms with van der Waals surface area (Å²) < 4.78 is 5.56. The Hall–Kier alpha value is -1.31. The quantitative estimate of drug-likeness (QED) is 0.706. The molecule has 1 rings (SSSR count). The predicted molar refractivity (Wildman–Crippen MR) is 77.3 cm³/mol. The fraction of sp³-hybridized carbons (Fsp3) is 0.562. The smallest absolute Gasteiger partial charge is 0.163 e. The first kappa shape index (κ1) is 16.7. The molecule has 0 aromatic heterocycles.